The number of nitrogens with one attached hydrogen (secondary N) is 2. The van der Waals surface area contributed by atoms with Gasteiger partial charge >= 0.3 is 11.8 Å². The minimum atomic E-state index is -1.08. The van der Waals surface area contributed by atoms with Crippen LogP contribution in [-0.2, 0) is 9.59 Å². The number of carbonyl (C=O) groups excluding carboxylic acids is 2. The van der Waals surface area contributed by atoms with E-state index in [9.17, 15) is 18.4 Å². The first-order valence-electron chi connectivity index (χ1n) is 5.84. The van der Waals surface area contributed by atoms with Gasteiger partial charge in [-0.2, -0.15) is 0 Å². The molecule has 0 aromatic heterocycles. The largest absolute Gasteiger partial charge is 0.332 e. The van der Waals surface area contributed by atoms with Gasteiger partial charge < -0.3 is 15.5 Å². The maximum Gasteiger partial charge on any atom is 0.313 e. The molecule has 1 aliphatic heterocycles. The molecule has 1 heterocycles. The van der Waals surface area contributed by atoms with Gasteiger partial charge in [-0.15, -0.1) is 0 Å². The monoisotopic (exact) mass is 269 g/mol. The van der Waals surface area contributed by atoms with E-state index in [0.717, 1.165) is 12.1 Å². The molecule has 0 radical (unpaired) electrons. The fourth-order valence-corrected chi connectivity index (χ4v) is 1.77. The van der Waals surface area contributed by atoms with Crippen LogP contribution < -0.4 is 10.6 Å². The summed E-state index contributed by atoms with van der Waals surface area (Å²) in [7, 11) is 0. The summed E-state index contributed by atoms with van der Waals surface area (Å²) in [5.74, 6) is -3.61. The maximum atomic E-state index is 13.0. The summed E-state index contributed by atoms with van der Waals surface area (Å²) < 4.78 is 25.7. The van der Waals surface area contributed by atoms with Crippen LogP contribution in [0, 0.1) is 11.6 Å². The summed E-state index contributed by atoms with van der Waals surface area (Å²) >= 11 is 0. The van der Waals surface area contributed by atoms with Crippen molar-refractivity contribution in [1.82, 2.24) is 10.2 Å². The minimum Gasteiger partial charge on any atom is -0.332 e. The highest BCUT2D eigenvalue weighted by atomic mass is 19.2. The lowest BCUT2D eigenvalue weighted by molar-refractivity contribution is -0.143. The van der Waals surface area contributed by atoms with Crippen molar-refractivity contribution in [3.05, 3.63) is 29.8 Å². The molecule has 2 rings (SSSR count). The molecular weight excluding hydrogens is 256 g/mol. The molecule has 19 heavy (non-hydrogen) atoms. The average molecular weight is 269 g/mol. The summed E-state index contributed by atoms with van der Waals surface area (Å²) in [6.07, 6.45) is 0. The predicted octanol–water partition coefficient (Wildman–Crippen LogP) is 0.335. The smallest absolute Gasteiger partial charge is 0.313 e. The van der Waals surface area contributed by atoms with E-state index in [1.807, 2.05) is 0 Å². The molecule has 2 N–H and O–H groups in total. The van der Waals surface area contributed by atoms with Crippen molar-refractivity contribution in [2.45, 2.75) is 0 Å². The van der Waals surface area contributed by atoms with Crippen LogP contribution in [0.15, 0.2) is 18.2 Å². The topological polar surface area (TPSA) is 61.4 Å². The van der Waals surface area contributed by atoms with Gasteiger partial charge in [-0.25, -0.2) is 8.78 Å². The van der Waals surface area contributed by atoms with Crippen molar-refractivity contribution in [3.63, 3.8) is 0 Å². The van der Waals surface area contributed by atoms with E-state index in [0.29, 0.717) is 26.2 Å². The molecule has 1 aliphatic rings. The number of anilines is 1. The second-order valence-electron chi connectivity index (χ2n) is 4.13. The van der Waals surface area contributed by atoms with Crippen LogP contribution in [0.5, 0.6) is 0 Å². The average Bonchev–Trinajstić information content (AvgIpc) is 2.43. The summed E-state index contributed by atoms with van der Waals surface area (Å²) in [5, 5.41) is 5.30. The van der Waals surface area contributed by atoms with E-state index < -0.39 is 23.4 Å². The number of rotatable bonds is 1. The van der Waals surface area contributed by atoms with Gasteiger partial charge in [0, 0.05) is 37.9 Å². The predicted molar refractivity (Wildman–Crippen MR) is 64.4 cm³/mol. The third-order valence-corrected chi connectivity index (χ3v) is 2.78. The zero-order valence-corrected chi connectivity index (χ0v) is 10.1. The fraction of sp³-hybridized carbons (Fsp3) is 0.333. The molecule has 7 heteroatoms. The Morgan fingerprint density at radius 1 is 1.16 bits per heavy atom. The molecule has 1 fully saturated rings. The second kappa shape index (κ2) is 5.75. The van der Waals surface area contributed by atoms with Gasteiger partial charge in [0.1, 0.15) is 0 Å². The van der Waals surface area contributed by atoms with Gasteiger partial charge in [0.05, 0.1) is 0 Å². The Bertz CT molecular complexity index is 502. The van der Waals surface area contributed by atoms with Gasteiger partial charge in [0.15, 0.2) is 11.6 Å². The zero-order chi connectivity index (χ0) is 13.8. The van der Waals surface area contributed by atoms with Crippen molar-refractivity contribution < 1.29 is 18.4 Å². The highest BCUT2D eigenvalue weighted by Gasteiger charge is 2.23. The first-order chi connectivity index (χ1) is 9.08. The lowest BCUT2D eigenvalue weighted by Gasteiger charge is -2.26. The van der Waals surface area contributed by atoms with E-state index >= 15 is 0 Å². The molecule has 0 saturated carbocycles. The number of nitrogens with zero attached hydrogens (tertiary/aromatic N) is 1. The number of amides is 2. The Kier molecular flexibility index (Phi) is 4.06. The Labute approximate surface area is 108 Å². The third kappa shape index (κ3) is 3.25. The molecule has 1 aromatic rings. The highest BCUT2D eigenvalue weighted by molar-refractivity contribution is 6.39. The molecule has 1 aromatic carbocycles. The molecule has 0 unspecified atom stereocenters. The fourth-order valence-electron chi connectivity index (χ4n) is 1.77. The third-order valence-electron chi connectivity index (χ3n) is 2.78. The Balaban J connectivity index is 1.99. The Morgan fingerprint density at radius 3 is 2.47 bits per heavy atom. The SMILES string of the molecule is O=C(Nc1ccc(F)c(F)c1)C(=O)N1CCNCC1. The molecule has 1 saturated heterocycles. The first kappa shape index (κ1) is 13.4. The van der Waals surface area contributed by atoms with E-state index in [2.05, 4.69) is 10.6 Å². The maximum absolute atomic E-state index is 13.0. The normalized spacial score (nSPS) is 15.2. The van der Waals surface area contributed by atoms with Crippen LogP contribution in [0.25, 0.3) is 0 Å². The number of carbonyl (C=O) groups is 2. The number of benzene rings is 1. The van der Waals surface area contributed by atoms with E-state index in [1.165, 1.54) is 11.0 Å². The van der Waals surface area contributed by atoms with Crippen LogP contribution in [0.2, 0.25) is 0 Å². The molecular formula is C12H13F2N3O2. The summed E-state index contributed by atoms with van der Waals surface area (Å²) in [6.45, 7) is 2.16. The highest BCUT2D eigenvalue weighted by Crippen LogP contribution is 2.13. The molecule has 5 nitrogen and oxygen atoms in total. The van der Waals surface area contributed by atoms with Gasteiger partial charge in [-0.05, 0) is 12.1 Å². The molecule has 102 valence electrons. The number of hydrogen-bond acceptors (Lipinski definition) is 3. The van der Waals surface area contributed by atoms with Gasteiger partial charge in [0.2, 0.25) is 0 Å². The van der Waals surface area contributed by atoms with Gasteiger partial charge in [0.25, 0.3) is 0 Å². The quantitative estimate of drug-likeness (QED) is 0.723. The minimum absolute atomic E-state index is 0.0485. The van der Waals surface area contributed by atoms with Crippen molar-refractivity contribution >= 4 is 17.5 Å². The Morgan fingerprint density at radius 2 is 1.84 bits per heavy atom. The number of hydrogen-bond donors (Lipinski definition) is 2. The molecule has 0 atom stereocenters. The van der Waals surface area contributed by atoms with Gasteiger partial charge in [-0.1, -0.05) is 0 Å². The van der Waals surface area contributed by atoms with Crippen molar-refractivity contribution in [3.8, 4) is 0 Å². The molecule has 0 spiro atoms. The summed E-state index contributed by atoms with van der Waals surface area (Å²) in [6, 6.07) is 2.92. The van der Waals surface area contributed by atoms with E-state index in [1.54, 1.807) is 0 Å². The van der Waals surface area contributed by atoms with E-state index in [4.69, 9.17) is 0 Å². The van der Waals surface area contributed by atoms with Crippen LogP contribution in [0.1, 0.15) is 0 Å². The lowest BCUT2D eigenvalue weighted by Crippen LogP contribution is -2.49. The van der Waals surface area contributed by atoms with Crippen LogP contribution in [0.4, 0.5) is 14.5 Å². The van der Waals surface area contributed by atoms with Crippen LogP contribution in [-0.4, -0.2) is 42.9 Å². The van der Waals surface area contributed by atoms with Crippen molar-refractivity contribution in [2.24, 2.45) is 0 Å². The Hall–Kier alpha value is -2.02. The van der Waals surface area contributed by atoms with Crippen molar-refractivity contribution in [1.29, 1.82) is 0 Å². The number of piperazine rings is 1. The summed E-state index contributed by atoms with van der Waals surface area (Å²) in [5.41, 5.74) is 0.0485. The standard InChI is InChI=1S/C12H13F2N3O2/c13-9-2-1-8(7-10(9)14)16-11(18)12(19)17-5-3-15-4-6-17/h1-2,7,15H,3-6H2,(H,16,18). The number of halogens is 2. The molecule has 2 amide bonds. The molecule has 0 bridgehead atoms. The molecule has 0 aliphatic carbocycles. The van der Waals surface area contributed by atoms with Crippen LogP contribution in [0.3, 0.4) is 0 Å². The van der Waals surface area contributed by atoms with Gasteiger partial charge in [-0.3, -0.25) is 9.59 Å². The van der Waals surface area contributed by atoms with Crippen molar-refractivity contribution in [2.75, 3.05) is 31.5 Å². The second-order valence-corrected chi connectivity index (χ2v) is 4.13. The first-order valence-corrected chi connectivity index (χ1v) is 5.84. The zero-order valence-electron chi connectivity index (χ0n) is 10.1. The summed E-state index contributed by atoms with van der Waals surface area (Å²) in [4.78, 5) is 24.9. The van der Waals surface area contributed by atoms with Crippen LogP contribution >= 0.6 is 0 Å². The van der Waals surface area contributed by atoms with E-state index in [-0.39, 0.29) is 5.69 Å². The lowest BCUT2D eigenvalue weighted by atomic mass is 10.3.